The van der Waals surface area contributed by atoms with Crippen molar-refractivity contribution in [2.45, 2.75) is 26.3 Å². The molecule has 2 rings (SSSR count). The fraction of sp³-hybridized carbons (Fsp3) is 0.429. The van der Waals surface area contributed by atoms with Crippen LogP contribution in [0, 0.1) is 0 Å². The van der Waals surface area contributed by atoms with Gasteiger partial charge < -0.3 is 24.8 Å². The number of nitrogens with zero attached hydrogens (tertiary/aromatic N) is 2. The Balaban J connectivity index is 1.78. The average molecular weight is 386 g/mol. The minimum atomic E-state index is 0.636. The zero-order chi connectivity index (χ0) is 20.2. The van der Waals surface area contributed by atoms with Crippen molar-refractivity contribution < 1.29 is 14.2 Å². The molecule has 152 valence electrons. The summed E-state index contributed by atoms with van der Waals surface area (Å²) in [5, 5.41) is 6.60. The molecule has 28 heavy (non-hydrogen) atoms. The van der Waals surface area contributed by atoms with Crippen LogP contribution in [0.25, 0.3) is 0 Å². The highest BCUT2D eigenvalue weighted by molar-refractivity contribution is 5.79. The van der Waals surface area contributed by atoms with Gasteiger partial charge in [-0.2, -0.15) is 0 Å². The molecule has 0 saturated carbocycles. The van der Waals surface area contributed by atoms with Crippen molar-refractivity contribution >= 4 is 5.96 Å². The Labute approximate surface area is 167 Å². The Morgan fingerprint density at radius 2 is 1.82 bits per heavy atom. The van der Waals surface area contributed by atoms with Crippen LogP contribution >= 0.6 is 0 Å². The largest absolute Gasteiger partial charge is 0.493 e. The maximum Gasteiger partial charge on any atom is 0.213 e. The molecule has 2 N–H and O–H groups in total. The number of aliphatic imine (C=N–C) groups is 1. The molecule has 0 aliphatic carbocycles. The van der Waals surface area contributed by atoms with E-state index in [-0.39, 0.29) is 0 Å². The highest BCUT2D eigenvalue weighted by atomic mass is 16.5. The number of aromatic nitrogens is 1. The Morgan fingerprint density at radius 3 is 2.46 bits per heavy atom. The Kier molecular flexibility index (Phi) is 8.91. The van der Waals surface area contributed by atoms with Gasteiger partial charge in [0.2, 0.25) is 5.88 Å². The van der Waals surface area contributed by atoms with E-state index in [1.807, 2.05) is 36.5 Å². The topological polar surface area (TPSA) is 77.0 Å². The minimum absolute atomic E-state index is 0.636. The van der Waals surface area contributed by atoms with E-state index in [4.69, 9.17) is 14.2 Å². The van der Waals surface area contributed by atoms with Crippen molar-refractivity contribution in [3.63, 3.8) is 0 Å². The minimum Gasteiger partial charge on any atom is -0.493 e. The third kappa shape index (κ3) is 6.64. The molecule has 1 aromatic heterocycles. The molecule has 2 aromatic rings. The van der Waals surface area contributed by atoms with Gasteiger partial charge in [-0.3, -0.25) is 4.99 Å². The summed E-state index contributed by atoms with van der Waals surface area (Å²) in [5.41, 5.74) is 2.22. The van der Waals surface area contributed by atoms with Crippen molar-refractivity contribution in [1.29, 1.82) is 0 Å². The molecule has 7 nitrogen and oxygen atoms in total. The third-order valence-electron chi connectivity index (χ3n) is 4.09. The van der Waals surface area contributed by atoms with Crippen LogP contribution in [0.5, 0.6) is 17.4 Å². The lowest BCUT2D eigenvalue weighted by Gasteiger charge is -2.13. The average Bonchev–Trinajstić information content (AvgIpc) is 2.75. The predicted molar refractivity (Wildman–Crippen MR) is 111 cm³/mol. The summed E-state index contributed by atoms with van der Waals surface area (Å²) in [6.45, 7) is 4.14. The van der Waals surface area contributed by atoms with Crippen LogP contribution in [0.4, 0.5) is 0 Å². The fourth-order valence-corrected chi connectivity index (χ4v) is 2.58. The van der Waals surface area contributed by atoms with Crippen LogP contribution in [0.1, 0.15) is 24.5 Å². The van der Waals surface area contributed by atoms with Gasteiger partial charge in [-0.25, -0.2) is 4.98 Å². The summed E-state index contributed by atoms with van der Waals surface area (Å²) in [5.74, 6) is 2.87. The van der Waals surface area contributed by atoms with Gasteiger partial charge in [0.25, 0.3) is 0 Å². The molecule has 0 fully saturated rings. The van der Waals surface area contributed by atoms with Gasteiger partial charge in [0.1, 0.15) is 0 Å². The number of nitrogens with one attached hydrogen (secondary N) is 2. The van der Waals surface area contributed by atoms with Crippen molar-refractivity contribution in [2.75, 3.05) is 34.4 Å². The van der Waals surface area contributed by atoms with Gasteiger partial charge >= 0.3 is 0 Å². The van der Waals surface area contributed by atoms with Crippen LogP contribution in [0.3, 0.4) is 0 Å². The molecular weight excluding hydrogens is 356 g/mol. The van der Waals surface area contributed by atoms with E-state index in [2.05, 4.69) is 27.5 Å². The highest BCUT2D eigenvalue weighted by Gasteiger charge is 2.05. The summed E-state index contributed by atoms with van der Waals surface area (Å²) in [6.07, 6.45) is 3.62. The quantitative estimate of drug-likeness (QED) is 0.483. The summed E-state index contributed by atoms with van der Waals surface area (Å²) in [6, 6.07) is 9.83. The second kappa shape index (κ2) is 11.7. The fourth-order valence-electron chi connectivity index (χ4n) is 2.58. The summed E-state index contributed by atoms with van der Waals surface area (Å²) >= 11 is 0. The Bertz CT molecular complexity index is 748. The molecule has 0 spiro atoms. The first-order valence-electron chi connectivity index (χ1n) is 9.43. The van der Waals surface area contributed by atoms with Crippen molar-refractivity contribution in [1.82, 2.24) is 15.6 Å². The molecule has 7 heteroatoms. The van der Waals surface area contributed by atoms with Crippen molar-refractivity contribution in [3.05, 3.63) is 47.7 Å². The second-order valence-electron chi connectivity index (χ2n) is 6.15. The van der Waals surface area contributed by atoms with Gasteiger partial charge in [-0.05, 0) is 36.1 Å². The van der Waals surface area contributed by atoms with E-state index >= 15 is 0 Å². The normalized spacial score (nSPS) is 11.1. The summed E-state index contributed by atoms with van der Waals surface area (Å²) < 4.78 is 16.1. The highest BCUT2D eigenvalue weighted by Crippen LogP contribution is 2.27. The molecule has 0 saturated heterocycles. The molecule has 0 aliphatic rings. The number of hydrogen-bond acceptors (Lipinski definition) is 5. The lowest BCUT2D eigenvalue weighted by atomic mass is 10.1. The van der Waals surface area contributed by atoms with Crippen LogP contribution in [-0.2, 0) is 13.0 Å². The van der Waals surface area contributed by atoms with Crippen LogP contribution in [-0.4, -0.2) is 45.4 Å². The predicted octanol–water partition coefficient (Wildman–Crippen LogP) is 2.80. The van der Waals surface area contributed by atoms with E-state index in [1.165, 1.54) is 0 Å². The summed E-state index contributed by atoms with van der Waals surface area (Å²) in [7, 11) is 5.03. The Morgan fingerprint density at radius 1 is 1.04 bits per heavy atom. The van der Waals surface area contributed by atoms with Crippen LogP contribution < -0.4 is 24.8 Å². The molecule has 0 radical (unpaired) electrons. The molecule has 0 unspecified atom stereocenters. The first kappa shape index (κ1) is 21.3. The number of rotatable bonds is 10. The van der Waals surface area contributed by atoms with E-state index in [0.717, 1.165) is 48.0 Å². The van der Waals surface area contributed by atoms with Crippen molar-refractivity contribution in [3.8, 4) is 17.4 Å². The molecular formula is C21H30N4O3. The lowest BCUT2D eigenvalue weighted by Crippen LogP contribution is -2.37. The standard InChI is InChI=1S/C21H30N4O3/c1-5-12-28-20-9-7-17(14-24-20)15-25-21(22-2)23-11-10-16-6-8-18(26-3)19(13-16)27-4/h6-9,13-14H,5,10-12,15H2,1-4H3,(H2,22,23,25). The first-order chi connectivity index (χ1) is 13.7. The lowest BCUT2D eigenvalue weighted by molar-refractivity contribution is 0.305. The van der Waals surface area contributed by atoms with Crippen LogP contribution in [0.15, 0.2) is 41.5 Å². The van der Waals surface area contributed by atoms with Gasteiger partial charge in [0, 0.05) is 32.4 Å². The SMILES string of the molecule is CCCOc1ccc(CNC(=NC)NCCc2ccc(OC)c(OC)c2)cn1. The Hall–Kier alpha value is -2.96. The number of ether oxygens (including phenoxy) is 3. The molecule has 0 bridgehead atoms. The number of pyridine rings is 1. The number of methoxy groups -OCH3 is 2. The zero-order valence-corrected chi connectivity index (χ0v) is 17.1. The third-order valence-corrected chi connectivity index (χ3v) is 4.09. The van der Waals surface area contributed by atoms with E-state index < -0.39 is 0 Å². The van der Waals surface area contributed by atoms with Crippen LogP contribution in [0.2, 0.25) is 0 Å². The van der Waals surface area contributed by atoms with Gasteiger partial charge in [0.05, 0.1) is 20.8 Å². The number of hydrogen-bond donors (Lipinski definition) is 2. The molecule has 0 amide bonds. The molecule has 1 heterocycles. The zero-order valence-electron chi connectivity index (χ0n) is 17.1. The summed E-state index contributed by atoms with van der Waals surface area (Å²) in [4.78, 5) is 8.57. The van der Waals surface area contributed by atoms with E-state index in [9.17, 15) is 0 Å². The smallest absolute Gasteiger partial charge is 0.213 e. The first-order valence-corrected chi connectivity index (χ1v) is 9.43. The molecule has 1 aromatic carbocycles. The molecule has 0 aliphatic heterocycles. The van der Waals surface area contributed by atoms with Gasteiger partial charge in [-0.1, -0.05) is 19.1 Å². The van der Waals surface area contributed by atoms with E-state index in [1.54, 1.807) is 21.3 Å². The monoisotopic (exact) mass is 386 g/mol. The maximum absolute atomic E-state index is 5.50. The van der Waals surface area contributed by atoms with E-state index in [0.29, 0.717) is 19.0 Å². The van der Waals surface area contributed by atoms with Gasteiger partial charge in [-0.15, -0.1) is 0 Å². The second-order valence-corrected chi connectivity index (χ2v) is 6.15. The number of benzene rings is 1. The van der Waals surface area contributed by atoms with Crippen molar-refractivity contribution in [2.24, 2.45) is 4.99 Å². The molecule has 0 atom stereocenters. The maximum atomic E-state index is 5.50. The number of guanidine groups is 1. The van der Waals surface area contributed by atoms with Gasteiger partial charge in [0.15, 0.2) is 17.5 Å².